The summed E-state index contributed by atoms with van der Waals surface area (Å²) in [5, 5.41) is 53.4. The third-order valence-electron chi connectivity index (χ3n) is 15.3. The Morgan fingerprint density at radius 3 is 2.24 bits per heavy atom. The van der Waals surface area contributed by atoms with Gasteiger partial charge in [0, 0.05) is 0 Å². The molecule has 14 heteroatoms. The van der Waals surface area contributed by atoms with Gasteiger partial charge < -0.3 is 39.8 Å². The van der Waals surface area contributed by atoms with Crippen LogP contribution in [0.15, 0.2) is 11.6 Å². The Labute approximate surface area is 294 Å². The summed E-state index contributed by atoms with van der Waals surface area (Å²) in [4.78, 5) is 27.3. The lowest BCUT2D eigenvalue weighted by atomic mass is 9.33. The van der Waals surface area contributed by atoms with Crippen molar-refractivity contribution >= 4 is 22.7 Å². The van der Waals surface area contributed by atoms with E-state index in [1.807, 2.05) is 0 Å². The molecule has 0 amide bonds. The number of aliphatic hydroxyl groups excluding tert-OH is 5. The summed E-state index contributed by atoms with van der Waals surface area (Å²) in [6, 6.07) is 0. The molecule has 6 rings (SSSR count). The van der Waals surface area contributed by atoms with Crippen LogP contribution in [0.25, 0.3) is 0 Å². The van der Waals surface area contributed by atoms with Crippen molar-refractivity contribution in [1.82, 2.24) is 0 Å². The van der Waals surface area contributed by atoms with Gasteiger partial charge in [0.25, 0.3) is 0 Å². The first-order chi connectivity index (χ1) is 23.0. The van der Waals surface area contributed by atoms with E-state index in [1.54, 1.807) is 6.92 Å². The zero-order valence-corrected chi connectivity index (χ0v) is 30.8. The van der Waals surface area contributed by atoms with E-state index >= 15 is 0 Å². The smallest absolute Gasteiger partial charge is 0.397 e. The summed E-state index contributed by atoms with van der Waals surface area (Å²) in [7, 11) is -4.78. The first kappa shape index (κ1) is 38.2. The number of carbonyl (C=O) groups is 2. The SMILES string of the molecule is CC1(C)CCC2(C(=O)OC3OC(CO)C(O)C(O)C3O)C(O)CC3(C)C(=CCC4C5(C)CCC(OS(=O)(=O)O)C(C)(C=O)C5CCC43C)C2C1. The second kappa shape index (κ2) is 12.3. The Hall–Kier alpha value is -1.49. The van der Waals surface area contributed by atoms with Crippen LogP contribution in [0.2, 0.25) is 0 Å². The fraction of sp³-hybridized carbons (Fsp3) is 0.889. The van der Waals surface area contributed by atoms with Crippen molar-refractivity contribution in [3.05, 3.63) is 11.6 Å². The fourth-order valence-corrected chi connectivity index (χ4v) is 12.9. The molecular weight excluding hydrogens is 672 g/mol. The first-order valence-electron chi connectivity index (χ1n) is 18.1. The van der Waals surface area contributed by atoms with Crippen LogP contribution in [0.3, 0.4) is 0 Å². The van der Waals surface area contributed by atoms with Crippen molar-refractivity contribution in [2.45, 2.75) is 142 Å². The second-order valence-electron chi connectivity index (χ2n) is 18.1. The van der Waals surface area contributed by atoms with Crippen molar-refractivity contribution in [2.24, 2.45) is 50.2 Å². The summed E-state index contributed by atoms with van der Waals surface area (Å²) in [6.07, 6.45) is -2.53. The third-order valence-corrected chi connectivity index (χ3v) is 15.8. The molecule has 284 valence electrons. The van der Waals surface area contributed by atoms with Crippen molar-refractivity contribution in [2.75, 3.05) is 6.61 Å². The molecule has 1 heterocycles. The van der Waals surface area contributed by atoms with Crippen LogP contribution in [-0.2, 0) is 33.6 Å². The summed E-state index contributed by atoms with van der Waals surface area (Å²) >= 11 is 0. The molecule has 0 aromatic rings. The Kier molecular flexibility index (Phi) is 9.39. The maximum absolute atomic E-state index is 14.5. The molecule has 1 aliphatic heterocycles. The third kappa shape index (κ3) is 5.40. The van der Waals surface area contributed by atoms with Gasteiger partial charge in [-0.05, 0) is 97.2 Å². The minimum atomic E-state index is -4.78. The van der Waals surface area contributed by atoms with Crippen molar-refractivity contribution in [3.63, 3.8) is 0 Å². The van der Waals surface area contributed by atoms with E-state index in [1.165, 1.54) is 0 Å². The number of allylic oxidation sites excluding steroid dienone is 2. The second-order valence-corrected chi connectivity index (χ2v) is 19.2. The van der Waals surface area contributed by atoms with E-state index in [9.17, 15) is 48.1 Å². The lowest BCUT2D eigenvalue weighted by molar-refractivity contribution is -0.299. The van der Waals surface area contributed by atoms with Crippen LogP contribution < -0.4 is 0 Å². The summed E-state index contributed by atoms with van der Waals surface area (Å²) in [5.74, 6) is -1.34. The molecule has 50 heavy (non-hydrogen) atoms. The Morgan fingerprint density at radius 1 is 0.940 bits per heavy atom. The van der Waals surface area contributed by atoms with Crippen LogP contribution in [0.5, 0.6) is 0 Å². The van der Waals surface area contributed by atoms with Gasteiger partial charge in [0.15, 0.2) is 0 Å². The van der Waals surface area contributed by atoms with Gasteiger partial charge in [-0.15, -0.1) is 0 Å². The molecule has 0 radical (unpaired) electrons. The highest BCUT2D eigenvalue weighted by Gasteiger charge is 2.72. The zero-order valence-electron chi connectivity index (χ0n) is 29.9. The molecule has 5 fully saturated rings. The maximum Gasteiger partial charge on any atom is 0.397 e. The van der Waals surface area contributed by atoms with E-state index in [4.69, 9.17) is 13.7 Å². The fourth-order valence-electron chi connectivity index (χ4n) is 12.3. The largest absolute Gasteiger partial charge is 0.432 e. The molecule has 6 aliphatic rings. The quantitative estimate of drug-likeness (QED) is 0.100. The van der Waals surface area contributed by atoms with Crippen molar-refractivity contribution in [3.8, 4) is 0 Å². The van der Waals surface area contributed by atoms with Crippen LogP contribution in [0, 0.1) is 50.2 Å². The lowest BCUT2D eigenvalue weighted by Gasteiger charge is -2.71. The van der Waals surface area contributed by atoms with Gasteiger partial charge in [-0.1, -0.05) is 53.2 Å². The highest BCUT2D eigenvalue weighted by Crippen LogP contribution is 2.76. The topological polar surface area (TPSA) is 217 Å². The molecule has 0 aromatic carbocycles. The molecule has 15 atom stereocenters. The Morgan fingerprint density at radius 2 is 1.62 bits per heavy atom. The van der Waals surface area contributed by atoms with E-state index in [0.717, 1.165) is 11.9 Å². The highest BCUT2D eigenvalue weighted by molar-refractivity contribution is 7.80. The monoisotopic (exact) mass is 728 g/mol. The van der Waals surface area contributed by atoms with Gasteiger partial charge >= 0.3 is 16.4 Å². The first-order valence-corrected chi connectivity index (χ1v) is 19.4. The number of esters is 1. The molecule has 0 bridgehead atoms. The minimum absolute atomic E-state index is 0.0471. The van der Waals surface area contributed by atoms with Gasteiger partial charge in [0.1, 0.15) is 36.1 Å². The molecule has 1 saturated heterocycles. The van der Waals surface area contributed by atoms with Crippen LogP contribution in [-0.4, -0.2) is 100 Å². The Balaban J connectivity index is 1.37. The number of hydrogen-bond acceptors (Lipinski definition) is 12. The van der Waals surface area contributed by atoms with E-state index < -0.39 is 93.5 Å². The van der Waals surface area contributed by atoms with Crippen molar-refractivity contribution in [1.29, 1.82) is 0 Å². The predicted molar refractivity (Wildman–Crippen MR) is 177 cm³/mol. The van der Waals surface area contributed by atoms with Gasteiger partial charge in [-0.25, -0.2) is 4.18 Å². The molecule has 0 spiro atoms. The predicted octanol–water partition coefficient (Wildman–Crippen LogP) is 2.47. The highest BCUT2D eigenvalue weighted by atomic mass is 32.3. The van der Waals surface area contributed by atoms with Crippen LogP contribution in [0.4, 0.5) is 0 Å². The zero-order chi connectivity index (χ0) is 37.0. The minimum Gasteiger partial charge on any atom is -0.432 e. The summed E-state index contributed by atoms with van der Waals surface area (Å²) < 4.78 is 49.5. The molecule has 5 aliphatic carbocycles. The van der Waals surface area contributed by atoms with Crippen molar-refractivity contribution < 1.29 is 61.7 Å². The van der Waals surface area contributed by atoms with Gasteiger partial charge in [-0.2, -0.15) is 8.42 Å². The molecule has 13 nitrogen and oxygen atoms in total. The number of ether oxygens (including phenoxy) is 2. The molecule has 15 unspecified atom stereocenters. The summed E-state index contributed by atoms with van der Waals surface area (Å²) in [5.41, 5.74) is -2.95. The molecular formula is C36H56O13S. The number of rotatable bonds is 6. The average Bonchev–Trinajstić information content (AvgIpc) is 3.02. The standard InChI is InChI=1S/C36H56O13S/c1-31(2)13-14-36(30(43)48-29-28(42)27(41)26(40)21(17-37)47-29)20(15-31)19-7-8-23-32(3)11-10-25(49-50(44,45)46)33(4,18-38)22(32)9-12-34(23,5)35(19,6)16-24(36)39/h7,18,20-29,37,39-42H,8-17H2,1-6H3,(H,44,45,46). The number of fused-ring (bicyclic) bond motifs is 7. The van der Waals surface area contributed by atoms with Crippen LogP contribution >= 0.6 is 0 Å². The lowest BCUT2D eigenvalue weighted by Crippen LogP contribution is -2.68. The molecule has 0 aromatic heterocycles. The normalized spacial score (nSPS) is 51.6. The maximum atomic E-state index is 14.5. The molecule has 4 saturated carbocycles. The van der Waals surface area contributed by atoms with Gasteiger partial charge in [-0.3, -0.25) is 9.35 Å². The van der Waals surface area contributed by atoms with E-state index in [-0.39, 0.29) is 35.5 Å². The van der Waals surface area contributed by atoms with Gasteiger partial charge in [0.05, 0.1) is 24.2 Å². The van der Waals surface area contributed by atoms with Crippen LogP contribution in [0.1, 0.15) is 99.3 Å². The number of carbonyl (C=O) groups excluding carboxylic acids is 2. The van der Waals surface area contributed by atoms with Gasteiger partial charge in [0.2, 0.25) is 6.29 Å². The average molecular weight is 729 g/mol. The van der Waals surface area contributed by atoms with E-state index in [2.05, 4.69) is 40.7 Å². The van der Waals surface area contributed by atoms with E-state index in [0.29, 0.717) is 44.9 Å². The number of hydrogen-bond donors (Lipinski definition) is 6. The molecule has 6 N–H and O–H groups in total. The number of aldehydes is 1. The summed E-state index contributed by atoms with van der Waals surface area (Å²) in [6.45, 7) is 12.0. The Bertz CT molecular complexity index is 1510. The number of aliphatic hydroxyl groups is 5.